The molecule has 0 fully saturated rings. The third kappa shape index (κ3) is 5.57. The van der Waals surface area contributed by atoms with Gasteiger partial charge in [0, 0.05) is 6.54 Å². The molecular formula is C16H20N2O2S. The number of benzene rings is 1. The largest absolute Gasteiger partial charge is 0.394 e. The van der Waals surface area contributed by atoms with Crippen LogP contribution in [0.15, 0.2) is 47.2 Å². The normalized spacial score (nSPS) is 11.9. The minimum absolute atomic E-state index is 0.0765. The first-order valence-corrected chi connectivity index (χ1v) is 7.92. The Labute approximate surface area is 128 Å². The van der Waals surface area contributed by atoms with Crippen LogP contribution in [0, 0.1) is 0 Å². The van der Waals surface area contributed by atoms with E-state index in [1.54, 1.807) is 11.3 Å². The van der Waals surface area contributed by atoms with Gasteiger partial charge in [-0.3, -0.25) is 0 Å². The second kappa shape index (κ2) is 8.44. The quantitative estimate of drug-likeness (QED) is 0.734. The van der Waals surface area contributed by atoms with Crippen molar-refractivity contribution < 1.29 is 9.90 Å². The van der Waals surface area contributed by atoms with Crippen molar-refractivity contribution in [1.82, 2.24) is 10.6 Å². The van der Waals surface area contributed by atoms with Gasteiger partial charge in [-0.05, 0) is 40.8 Å². The molecule has 0 spiro atoms. The fourth-order valence-corrected chi connectivity index (χ4v) is 2.75. The molecular weight excluding hydrogens is 284 g/mol. The van der Waals surface area contributed by atoms with Crippen molar-refractivity contribution in [1.29, 1.82) is 0 Å². The minimum atomic E-state index is -0.270. The zero-order valence-corrected chi connectivity index (χ0v) is 12.6. The van der Waals surface area contributed by atoms with Crippen molar-refractivity contribution in [2.45, 2.75) is 18.9 Å². The number of aliphatic hydroxyl groups excluding tert-OH is 1. The van der Waals surface area contributed by atoms with Crippen molar-refractivity contribution in [3.05, 3.63) is 58.3 Å². The van der Waals surface area contributed by atoms with Crippen molar-refractivity contribution in [3.63, 3.8) is 0 Å². The maximum absolute atomic E-state index is 11.8. The Balaban J connectivity index is 1.72. The zero-order chi connectivity index (χ0) is 14.9. The van der Waals surface area contributed by atoms with Gasteiger partial charge in [-0.25, -0.2) is 4.79 Å². The first-order chi connectivity index (χ1) is 10.3. The van der Waals surface area contributed by atoms with Crippen LogP contribution in [0.5, 0.6) is 0 Å². The molecule has 3 N–H and O–H groups in total. The second-order valence-electron chi connectivity index (χ2n) is 4.85. The average molecular weight is 304 g/mol. The summed E-state index contributed by atoms with van der Waals surface area (Å²) in [6.07, 6.45) is 1.44. The van der Waals surface area contributed by atoms with Gasteiger partial charge in [0.2, 0.25) is 0 Å². The highest BCUT2D eigenvalue weighted by atomic mass is 32.1. The average Bonchev–Trinajstić information content (AvgIpc) is 3.01. The summed E-state index contributed by atoms with van der Waals surface area (Å²) in [5, 5.41) is 19.1. The van der Waals surface area contributed by atoms with Gasteiger partial charge in [0.25, 0.3) is 0 Å². The molecule has 0 aliphatic rings. The predicted octanol–water partition coefficient (Wildman–Crippen LogP) is 2.19. The standard InChI is InChI=1S/C16H20N2O2S/c19-11-15(10-13-4-2-1-3-5-13)18-16(20)17-8-6-14-7-9-21-12-14/h1-5,7,9,12,15,19H,6,8,10-11H2,(H2,17,18,20). The molecule has 0 aliphatic heterocycles. The van der Waals surface area contributed by atoms with E-state index in [0.29, 0.717) is 13.0 Å². The van der Waals surface area contributed by atoms with E-state index in [4.69, 9.17) is 0 Å². The number of hydrogen-bond donors (Lipinski definition) is 3. The maximum Gasteiger partial charge on any atom is 0.315 e. The number of carbonyl (C=O) groups is 1. The third-order valence-corrected chi connectivity index (χ3v) is 3.89. The summed E-state index contributed by atoms with van der Waals surface area (Å²) < 4.78 is 0. The van der Waals surface area contributed by atoms with Crippen LogP contribution in [0.4, 0.5) is 4.79 Å². The lowest BCUT2D eigenvalue weighted by atomic mass is 10.1. The van der Waals surface area contributed by atoms with Crippen LogP contribution in [-0.4, -0.2) is 30.3 Å². The van der Waals surface area contributed by atoms with Crippen LogP contribution in [0.3, 0.4) is 0 Å². The molecule has 0 saturated carbocycles. The third-order valence-electron chi connectivity index (χ3n) is 3.16. The fourth-order valence-electron chi connectivity index (χ4n) is 2.05. The summed E-state index contributed by atoms with van der Waals surface area (Å²) in [5.74, 6) is 0. The summed E-state index contributed by atoms with van der Waals surface area (Å²) in [5.41, 5.74) is 2.32. The van der Waals surface area contributed by atoms with Crippen molar-refractivity contribution in [3.8, 4) is 0 Å². The van der Waals surface area contributed by atoms with Gasteiger partial charge in [-0.2, -0.15) is 11.3 Å². The molecule has 4 nitrogen and oxygen atoms in total. The van der Waals surface area contributed by atoms with Crippen LogP contribution in [0.25, 0.3) is 0 Å². The molecule has 112 valence electrons. The Morgan fingerprint density at radius 2 is 2.00 bits per heavy atom. The van der Waals surface area contributed by atoms with Gasteiger partial charge in [0.15, 0.2) is 0 Å². The molecule has 0 saturated heterocycles. The van der Waals surface area contributed by atoms with Crippen LogP contribution in [-0.2, 0) is 12.8 Å². The Morgan fingerprint density at radius 3 is 2.67 bits per heavy atom. The lowest BCUT2D eigenvalue weighted by molar-refractivity contribution is 0.216. The van der Waals surface area contributed by atoms with Gasteiger partial charge >= 0.3 is 6.03 Å². The molecule has 5 heteroatoms. The van der Waals surface area contributed by atoms with Crippen LogP contribution in [0.2, 0.25) is 0 Å². The van der Waals surface area contributed by atoms with E-state index in [9.17, 15) is 9.90 Å². The molecule has 2 rings (SSSR count). The van der Waals surface area contributed by atoms with Crippen LogP contribution >= 0.6 is 11.3 Å². The van der Waals surface area contributed by atoms with Crippen molar-refractivity contribution >= 4 is 17.4 Å². The van der Waals surface area contributed by atoms with Gasteiger partial charge in [-0.1, -0.05) is 30.3 Å². The summed E-state index contributed by atoms with van der Waals surface area (Å²) in [4.78, 5) is 11.8. The molecule has 1 atom stereocenters. The SMILES string of the molecule is O=C(NCCc1ccsc1)NC(CO)Cc1ccccc1. The van der Waals surface area contributed by atoms with E-state index in [2.05, 4.69) is 22.1 Å². The van der Waals surface area contributed by atoms with E-state index in [-0.39, 0.29) is 18.7 Å². The molecule has 1 aromatic heterocycles. The first kappa shape index (κ1) is 15.5. The van der Waals surface area contributed by atoms with Crippen molar-refractivity contribution in [2.24, 2.45) is 0 Å². The number of thiophene rings is 1. The highest BCUT2D eigenvalue weighted by molar-refractivity contribution is 7.07. The molecule has 2 aromatic rings. The predicted molar refractivity (Wildman–Crippen MR) is 85.6 cm³/mol. The van der Waals surface area contributed by atoms with Crippen LogP contribution in [0.1, 0.15) is 11.1 Å². The topological polar surface area (TPSA) is 61.4 Å². The highest BCUT2D eigenvalue weighted by Crippen LogP contribution is 2.05. The maximum atomic E-state index is 11.8. The summed E-state index contributed by atoms with van der Waals surface area (Å²) in [6.45, 7) is 0.513. The lowest BCUT2D eigenvalue weighted by Gasteiger charge is -2.17. The lowest BCUT2D eigenvalue weighted by Crippen LogP contribution is -2.45. The Morgan fingerprint density at radius 1 is 1.19 bits per heavy atom. The number of rotatable bonds is 7. The first-order valence-electron chi connectivity index (χ1n) is 6.98. The number of carbonyl (C=O) groups excluding carboxylic acids is 1. The van der Waals surface area contributed by atoms with Gasteiger partial charge in [0.05, 0.1) is 12.6 Å². The second-order valence-corrected chi connectivity index (χ2v) is 5.63. The zero-order valence-electron chi connectivity index (χ0n) is 11.8. The minimum Gasteiger partial charge on any atom is -0.394 e. The van der Waals surface area contributed by atoms with E-state index in [1.807, 2.05) is 35.7 Å². The van der Waals surface area contributed by atoms with E-state index in [0.717, 1.165) is 12.0 Å². The number of aliphatic hydroxyl groups is 1. The van der Waals surface area contributed by atoms with Crippen LogP contribution < -0.4 is 10.6 Å². The molecule has 1 aromatic carbocycles. The molecule has 0 aliphatic carbocycles. The Kier molecular flexibility index (Phi) is 6.24. The Hall–Kier alpha value is -1.85. The summed E-state index contributed by atoms with van der Waals surface area (Å²) >= 11 is 1.65. The number of urea groups is 1. The Bertz CT molecular complexity index is 528. The molecule has 1 unspecified atom stereocenters. The molecule has 1 heterocycles. The monoisotopic (exact) mass is 304 g/mol. The fraction of sp³-hybridized carbons (Fsp3) is 0.312. The number of nitrogens with one attached hydrogen (secondary N) is 2. The van der Waals surface area contributed by atoms with E-state index >= 15 is 0 Å². The highest BCUT2D eigenvalue weighted by Gasteiger charge is 2.11. The number of hydrogen-bond acceptors (Lipinski definition) is 3. The van der Waals surface area contributed by atoms with Gasteiger partial charge in [0.1, 0.15) is 0 Å². The van der Waals surface area contributed by atoms with Gasteiger partial charge < -0.3 is 15.7 Å². The van der Waals surface area contributed by atoms with Crippen molar-refractivity contribution in [2.75, 3.05) is 13.2 Å². The molecule has 0 radical (unpaired) electrons. The summed E-state index contributed by atoms with van der Waals surface area (Å²) in [6, 6.07) is 11.4. The van der Waals surface area contributed by atoms with E-state index < -0.39 is 0 Å². The van der Waals surface area contributed by atoms with Gasteiger partial charge in [-0.15, -0.1) is 0 Å². The summed E-state index contributed by atoms with van der Waals surface area (Å²) in [7, 11) is 0. The molecule has 21 heavy (non-hydrogen) atoms. The van der Waals surface area contributed by atoms with E-state index in [1.165, 1.54) is 5.56 Å². The smallest absolute Gasteiger partial charge is 0.315 e. The molecule has 2 amide bonds. The number of amides is 2. The molecule has 0 bridgehead atoms.